The van der Waals surface area contributed by atoms with Gasteiger partial charge in [-0.05, 0) is 57.4 Å². The Labute approximate surface area is 177 Å². The molecule has 0 aliphatic carbocycles. The summed E-state index contributed by atoms with van der Waals surface area (Å²) < 4.78 is 2.60. The summed E-state index contributed by atoms with van der Waals surface area (Å²) in [5.41, 5.74) is 2.45. The molecule has 4 rings (SSSR count). The van der Waals surface area contributed by atoms with Crippen LogP contribution in [0, 0.1) is 0 Å². The smallest absolute Gasteiger partial charge is 0.250 e. The van der Waals surface area contributed by atoms with E-state index in [1.807, 2.05) is 56.6 Å². The van der Waals surface area contributed by atoms with Crippen molar-refractivity contribution in [1.82, 2.24) is 24.9 Å². The highest BCUT2D eigenvalue weighted by molar-refractivity contribution is 7.22. The van der Waals surface area contributed by atoms with Crippen molar-refractivity contribution in [2.45, 2.75) is 13.0 Å². The van der Waals surface area contributed by atoms with E-state index in [0.29, 0.717) is 16.7 Å². The van der Waals surface area contributed by atoms with Crippen molar-refractivity contribution < 1.29 is 4.79 Å². The number of aromatic nitrogens is 4. The number of rotatable bonds is 7. The van der Waals surface area contributed by atoms with Crippen LogP contribution in [0.25, 0.3) is 21.3 Å². The number of thiazole rings is 1. The monoisotopic (exact) mass is 428 g/mol. The van der Waals surface area contributed by atoms with Crippen molar-refractivity contribution in [2.24, 2.45) is 0 Å². The summed E-state index contributed by atoms with van der Waals surface area (Å²) in [6.45, 7) is 1.57. The fourth-order valence-electron chi connectivity index (χ4n) is 3.12. The summed E-state index contributed by atoms with van der Waals surface area (Å²) >= 11 is 7.59. The molecule has 0 atom stereocenters. The molecule has 0 N–H and O–H groups in total. The Morgan fingerprint density at radius 2 is 1.97 bits per heavy atom. The highest BCUT2D eigenvalue weighted by atomic mass is 35.5. The van der Waals surface area contributed by atoms with Crippen molar-refractivity contribution in [3.05, 3.63) is 47.5 Å². The number of nitrogens with zero attached hydrogens (tertiary/aromatic N) is 6. The number of halogens is 1. The first-order valence-corrected chi connectivity index (χ1v) is 10.5. The van der Waals surface area contributed by atoms with Crippen LogP contribution in [0.1, 0.15) is 6.42 Å². The third kappa shape index (κ3) is 4.39. The number of hydrogen-bond acceptors (Lipinski definition) is 6. The van der Waals surface area contributed by atoms with Gasteiger partial charge in [-0.3, -0.25) is 9.69 Å². The predicted octanol–water partition coefficient (Wildman–Crippen LogP) is 3.68. The molecule has 1 amide bonds. The van der Waals surface area contributed by atoms with Gasteiger partial charge in [-0.1, -0.05) is 40.3 Å². The maximum Gasteiger partial charge on any atom is 0.250 e. The molecule has 7 nitrogen and oxygen atoms in total. The molecule has 0 spiro atoms. The lowest BCUT2D eigenvalue weighted by atomic mass is 10.3. The van der Waals surface area contributed by atoms with Gasteiger partial charge < -0.3 is 4.90 Å². The molecule has 0 fully saturated rings. The molecule has 0 unspecified atom stereocenters. The van der Waals surface area contributed by atoms with Crippen LogP contribution in [0.2, 0.25) is 5.02 Å². The third-order valence-electron chi connectivity index (χ3n) is 4.56. The lowest BCUT2D eigenvalue weighted by Crippen LogP contribution is -2.36. The van der Waals surface area contributed by atoms with E-state index in [-0.39, 0.29) is 12.5 Å². The molecule has 29 heavy (non-hydrogen) atoms. The number of carbonyl (C=O) groups is 1. The van der Waals surface area contributed by atoms with Gasteiger partial charge in [-0.15, -0.1) is 5.10 Å². The van der Waals surface area contributed by atoms with Gasteiger partial charge in [-0.25, -0.2) is 9.67 Å². The first-order valence-electron chi connectivity index (χ1n) is 9.31. The van der Waals surface area contributed by atoms with Crippen molar-refractivity contribution in [1.29, 1.82) is 0 Å². The minimum atomic E-state index is -0.0652. The Kier molecular flexibility index (Phi) is 5.75. The lowest BCUT2D eigenvalue weighted by Gasteiger charge is -2.21. The standard InChI is InChI=1S/C20H21ClN6OS/c1-25(2)10-5-11-26(20-22-16-9-8-14(21)12-18(16)29-20)19(28)13-27-17-7-4-3-6-15(17)23-24-27/h3-4,6-9,12H,5,10-11,13H2,1-2H3. The second kappa shape index (κ2) is 8.44. The zero-order valence-corrected chi connectivity index (χ0v) is 17.8. The van der Waals surface area contributed by atoms with Crippen LogP contribution in [-0.2, 0) is 11.3 Å². The SMILES string of the molecule is CN(C)CCCN(C(=O)Cn1nnc2ccccc21)c1nc2ccc(Cl)cc2s1. The number of benzene rings is 2. The fourth-order valence-corrected chi connectivity index (χ4v) is 4.41. The highest BCUT2D eigenvalue weighted by Gasteiger charge is 2.21. The third-order valence-corrected chi connectivity index (χ3v) is 5.84. The molecule has 0 radical (unpaired) electrons. The first-order chi connectivity index (χ1) is 14.0. The van der Waals surface area contributed by atoms with Gasteiger partial charge in [0.05, 0.1) is 15.7 Å². The molecule has 2 heterocycles. The van der Waals surface area contributed by atoms with Crippen LogP contribution < -0.4 is 4.90 Å². The number of amides is 1. The molecule has 150 valence electrons. The molecular formula is C20H21ClN6OS. The van der Waals surface area contributed by atoms with Gasteiger partial charge in [0.2, 0.25) is 0 Å². The minimum absolute atomic E-state index is 0.0652. The quantitative estimate of drug-likeness (QED) is 0.449. The Balaban J connectivity index is 1.62. The van der Waals surface area contributed by atoms with Crippen LogP contribution in [0.15, 0.2) is 42.5 Å². The summed E-state index contributed by atoms with van der Waals surface area (Å²) in [6.07, 6.45) is 0.841. The molecule has 0 aliphatic heterocycles. The summed E-state index contributed by atoms with van der Waals surface area (Å²) in [5, 5.41) is 9.63. The molecule has 2 aromatic carbocycles. The second-order valence-electron chi connectivity index (χ2n) is 7.05. The second-order valence-corrected chi connectivity index (χ2v) is 8.49. The Morgan fingerprint density at radius 1 is 1.14 bits per heavy atom. The van der Waals surface area contributed by atoms with Gasteiger partial charge in [-0.2, -0.15) is 0 Å². The van der Waals surface area contributed by atoms with Crippen LogP contribution in [-0.4, -0.2) is 58.0 Å². The Hall–Kier alpha value is -2.55. The van der Waals surface area contributed by atoms with Crippen LogP contribution in [0.3, 0.4) is 0 Å². The summed E-state index contributed by atoms with van der Waals surface area (Å²) in [7, 11) is 4.04. The van der Waals surface area contributed by atoms with E-state index in [1.54, 1.807) is 9.58 Å². The van der Waals surface area contributed by atoms with E-state index in [9.17, 15) is 4.79 Å². The lowest BCUT2D eigenvalue weighted by molar-refractivity contribution is -0.119. The van der Waals surface area contributed by atoms with Crippen LogP contribution in [0.4, 0.5) is 5.13 Å². The van der Waals surface area contributed by atoms with Crippen molar-refractivity contribution in [3.63, 3.8) is 0 Å². The largest absolute Gasteiger partial charge is 0.309 e. The fraction of sp³-hybridized carbons (Fsp3) is 0.300. The minimum Gasteiger partial charge on any atom is -0.309 e. The summed E-state index contributed by atoms with van der Waals surface area (Å²) in [5.74, 6) is -0.0652. The first kappa shape index (κ1) is 19.8. The van der Waals surface area contributed by atoms with E-state index in [4.69, 9.17) is 11.6 Å². The number of hydrogen-bond donors (Lipinski definition) is 0. The maximum absolute atomic E-state index is 13.2. The average Bonchev–Trinajstić information content (AvgIpc) is 3.29. The van der Waals surface area contributed by atoms with Gasteiger partial charge in [0.1, 0.15) is 12.1 Å². The topological polar surface area (TPSA) is 67.2 Å². The molecular weight excluding hydrogens is 408 g/mol. The van der Waals surface area contributed by atoms with Gasteiger partial charge in [0, 0.05) is 11.6 Å². The maximum atomic E-state index is 13.2. The Bertz CT molecular complexity index is 1150. The van der Waals surface area contributed by atoms with Gasteiger partial charge >= 0.3 is 0 Å². The van der Waals surface area contributed by atoms with E-state index >= 15 is 0 Å². The number of anilines is 1. The summed E-state index contributed by atoms with van der Waals surface area (Å²) in [4.78, 5) is 21.8. The van der Waals surface area contributed by atoms with Crippen LogP contribution in [0.5, 0.6) is 0 Å². The zero-order chi connectivity index (χ0) is 20.4. The molecule has 0 aliphatic rings. The van der Waals surface area contributed by atoms with Gasteiger partial charge in [0.25, 0.3) is 5.91 Å². The molecule has 0 bridgehead atoms. The Morgan fingerprint density at radius 3 is 2.79 bits per heavy atom. The highest BCUT2D eigenvalue weighted by Crippen LogP contribution is 2.31. The predicted molar refractivity (Wildman–Crippen MR) is 118 cm³/mol. The number of carbonyl (C=O) groups excluding carboxylic acids is 1. The van der Waals surface area contributed by atoms with E-state index < -0.39 is 0 Å². The summed E-state index contributed by atoms with van der Waals surface area (Å²) in [6, 6.07) is 13.2. The number of para-hydroxylation sites is 1. The van der Waals surface area contributed by atoms with E-state index in [1.165, 1.54) is 11.3 Å². The zero-order valence-electron chi connectivity index (χ0n) is 16.2. The molecule has 0 saturated carbocycles. The van der Waals surface area contributed by atoms with Gasteiger partial charge in [0.15, 0.2) is 5.13 Å². The molecule has 0 saturated heterocycles. The van der Waals surface area contributed by atoms with E-state index in [0.717, 1.165) is 34.2 Å². The van der Waals surface area contributed by atoms with Crippen molar-refractivity contribution in [3.8, 4) is 0 Å². The average molecular weight is 429 g/mol. The van der Waals surface area contributed by atoms with Crippen molar-refractivity contribution >= 4 is 55.2 Å². The molecule has 4 aromatic rings. The normalized spacial score (nSPS) is 11.6. The molecule has 9 heteroatoms. The molecule has 2 aromatic heterocycles. The number of fused-ring (bicyclic) bond motifs is 2. The van der Waals surface area contributed by atoms with Crippen molar-refractivity contribution in [2.75, 3.05) is 32.1 Å². The van der Waals surface area contributed by atoms with E-state index in [2.05, 4.69) is 20.2 Å². The van der Waals surface area contributed by atoms with Crippen LogP contribution >= 0.6 is 22.9 Å².